The van der Waals surface area contributed by atoms with Gasteiger partial charge in [0.15, 0.2) is 5.65 Å². The van der Waals surface area contributed by atoms with E-state index in [0.717, 1.165) is 0 Å². The van der Waals surface area contributed by atoms with Gasteiger partial charge in [-0.15, -0.1) is 5.10 Å². The van der Waals surface area contributed by atoms with E-state index in [1.807, 2.05) is 0 Å². The van der Waals surface area contributed by atoms with E-state index in [4.69, 9.17) is 0 Å². The van der Waals surface area contributed by atoms with Gasteiger partial charge in [-0.3, -0.25) is 4.98 Å². The van der Waals surface area contributed by atoms with Crippen LogP contribution in [0, 0.1) is 0 Å². The largest absolute Gasteiger partial charge is 0.259 e. The summed E-state index contributed by atoms with van der Waals surface area (Å²) < 4.78 is 1.55. The minimum absolute atomic E-state index is 0.664. The average molecular weight is 121 g/mol. The Bertz CT molecular complexity index is 283. The number of hydrogen-bond acceptors (Lipinski definition) is 4. The van der Waals surface area contributed by atoms with Crippen LogP contribution in [0.4, 0.5) is 0 Å². The van der Waals surface area contributed by atoms with Gasteiger partial charge in [0.05, 0.1) is 12.4 Å². The Morgan fingerprint density at radius 3 is 3.33 bits per heavy atom. The molecule has 0 atom stereocenters. The van der Waals surface area contributed by atoms with Crippen molar-refractivity contribution < 1.29 is 0 Å². The summed E-state index contributed by atoms with van der Waals surface area (Å²) in [7, 11) is 0. The van der Waals surface area contributed by atoms with Crippen LogP contribution < -0.4 is 0 Å². The fraction of sp³-hybridized carbons (Fsp3) is 0. The summed E-state index contributed by atoms with van der Waals surface area (Å²) in [5.74, 6) is 0. The molecule has 0 N–H and O–H groups in total. The molecule has 0 spiro atoms. The first-order valence-electron chi connectivity index (χ1n) is 2.44. The van der Waals surface area contributed by atoms with Crippen LogP contribution in [0.25, 0.3) is 5.65 Å². The SMILES string of the molecule is c1cn2nnnc2cn1. The van der Waals surface area contributed by atoms with E-state index in [1.54, 1.807) is 23.1 Å². The molecule has 0 unspecified atom stereocenters. The van der Waals surface area contributed by atoms with Crippen LogP contribution in [0.5, 0.6) is 0 Å². The topological polar surface area (TPSA) is 56.0 Å². The Balaban J connectivity index is 2.95. The van der Waals surface area contributed by atoms with Gasteiger partial charge in [0, 0.05) is 6.20 Å². The maximum Gasteiger partial charge on any atom is 0.197 e. The Hall–Kier alpha value is -1.52. The summed E-state index contributed by atoms with van der Waals surface area (Å²) in [6.45, 7) is 0. The van der Waals surface area contributed by atoms with E-state index in [1.165, 1.54) is 0 Å². The average Bonchev–Trinajstić information content (AvgIpc) is 2.33. The molecule has 0 aliphatic carbocycles. The summed E-state index contributed by atoms with van der Waals surface area (Å²) in [4.78, 5) is 3.82. The van der Waals surface area contributed by atoms with Crippen LogP contribution in [-0.4, -0.2) is 25.0 Å². The molecule has 44 valence electrons. The highest BCUT2D eigenvalue weighted by Crippen LogP contribution is 1.87. The van der Waals surface area contributed by atoms with Crippen LogP contribution in [-0.2, 0) is 0 Å². The number of rotatable bonds is 0. The summed E-state index contributed by atoms with van der Waals surface area (Å²) in [5.41, 5.74) is 0.664. The number of nitrogens with zero attached hydrogens (tertiary/aromatic N) is 5. The van der Waals surface area contributed by atoms with Crippen LogP contribution in [0.1, 0.15) is 0 Å². The minimum atomic E-state index is 0.664. The first-order chi connectivity index (χ1) is 4.47. The molecule has 2 rings (SSSR count). The third-order valence-corrected chi connectivity index (χ3v) is 1.00. The molecule has 5 heteroatoms. The lowest BCUT2D eigenvalue weighted by Crippen LogP contribution is -1.85. The molecule has 5 nitrogen and oxygen atoms in total. The molecule has 0 aliphatic heterocycles. The maximum atomic E-state index is 3.82. The minimum Gasteiger partial charge on any atom is -0.259 e. The molecule has 0 amide bonds. The molecule has 0 fully saturated rings. The molecule has 0 bridgehead atoms. The van der Waals surface area contributed by atoms with Gasteiger partial charge in [-0.05, 0) is 10.4 Å². The number of tetrazole rings is 1. The van der Waals surface area contributed by atoms with Gasteiger partial charge in [-0.2, -0.15) is 4.52 Å². The van der Waals surface area contributed by atoms with Gasteiger partial charge < -0.3 is 0 Å². The van der Waals surface area contributed by atoms with Crippen molar-refractivity contribution in [3.63, 3.8) is 0 Å². The van der Waals surface area contributed by atoms with Gasteiger partial charge in [-0.1, -0.05) is 0 Å². The number of hydrogen-bond donors (Lipinski definition) is 0. The molecule has 0 saturated heterocycles. The van der Waals surface area contributed by atoms with E-state index in [0.29, 0.717) is 5.65 Å². The molecule has 0 aromatic carbocycles. The first-order valence-corrected chi connectivity index (χ1v) is 2.44. The highest BCUT2D eigenvalue weighted by Gasteiger charge is 1.89. The molecular formula is C4H3N5. The predicted octanol–water partition coefficient (Wildman–Crippen LogP) is -0.481. The predicted molar refractivity (Wildman–Crippen MR) is 28.6 cm³/mol. The second kappa shape index (κ2) is 1.48. The van der Waals surface area contributed by atoms with Gasteiger partial charge in [-0.25, -0.2) is 0 Å². The van der Waals surface area contributed by atoms with Crippen molar-refractivity contribution in [1.82, 2.24) is 25.0 Å². The molecule has 2 heterocycles. The van der Waals surface area contributed by atoms with E-state index in [9.17, 15) is 0 Å². The summed E-state index contributed by atoms with van der Waals surface area (Å²) in [5, 5.41) is 10.7. The Labute approximate surface area is 50.3 Å². The van der Waals surface area contributed by atoms with Crippen LogP contribution in [0.15, 0.2) is 18.6 Å². The lowest BCUT2D eigenvalue weighted by Gasteiger charge is -1.81. The zero-order chi connectivity index (χ0) is 6.10. The third kappa shape index (κ3) is 0.543. The first kappa shape index (κ1) is 4.37. The summed E-state index contributed by atoms with van der Waals surface area (Å²) in [6.07, 6.45) is 4.92. The fourth-order valence-electron chi connectivity index (χ4n) is 0.603. The van der Waals surface area contributed by atoms with Crippen molar-refractivity contribution in [2.45, 2.75) is 0 Å². The molecule has 9 heavy (non-hydrogen) atoms. The molecular weight excluding hydrogens is 118 g/mol. The van der Waals surface area contributed by atoms with Crippen molar-refractivity contribution in [2.24, 2.45) is 0 Å². The van der Waals surface area contributed by atoms with Crippen molar-refractivity contribution >= 4 is 5.65 Å². The number of fused-ring (bicyclic) bond motifs is 1. The van der Waals surface area contributed by atoms with Crippen molar-refractivity contribution in [3.05, 3.63) is 18.6 Å². The highest BCUT2D eigenvalue weighted by molar-refractivity contribution is 5.29. The van der Waals surface area contributed by atoms with Gasteiger partial charge >= 0.3 is 0 Å². The van der Waals surface area contributed by atoms with Gasteiger partial charge in [0.1, 0.15) is 0 Å². The third-order valence-electron chi connectivity index (χ3n) is 1.00. The summed E-state index contributed by atoms with van der Waals surface area (Å²) >= 11 is 0. The maximum absolute atomic E-state index is 3.82. The van der Waals surface area contributed by atoms with Crippen molar-refractivity contribution in [2.75, 3.05) is 0 Å². The number of aromatic nitrogens is 5. The second-order valence-corrected chi connectivity index (χ2v) is 1.56. The molecule has 0 aliphatic rings. The van der Waals surface area contributed by atoms with E-state index >= 15 is 0 Å². The Kier molecular flexibility index (Phi) is 0.717. The van der Waals surface area contributed by atoms with Crippen LogP contribution in [0.3, 0.4) is 0 Å². The van der Waals surface area contributed by atoms with Gasteiger partial charge in [0.25, 0.3) is 0 Å². The zero-order valence-corrected chi connectivity index (χ0v) is 4.47. The fourth-order valence-corrected chi connectivity index (χ4v) is 0.603. The Morgan fingerprint density at radius 1 is 1.44 bits per heavy atom. The van der Waals surface area contributed by atoms with Crippen molar-refractivity contribution in [3.8, 4) is 0 Å². The quantitative estimate of drug-likeness (QED) is 0.472. The van der Waals surface area contributed by atoms with E-state index < -0.39 is 0 Å². The molecule has 0 radical (unpaired) electrons. The normalized spacial score (nSPS) is 10.2. The zero-order valence-electron chi connectivity index (χ0n) is 4.47. The van der Waals surface area contributed by atoms with Gasteiger partial charge in [0.2, 0.25) is 0 Å². The molecule has 2 aromatic heterocycles. The van der Waals surface area contributed by atoms with E-state index in [-0.39, 0.29) is 0 Å². The lowest BCUT2D eigenvalue weighted by molar-refractivity contribution is 0.820. The Morgan fingerprint density at radius 2 is 2.44 bits per heavy atom. The van der Waals surface area contributed by atoms with Crippen LogP contribution in [0.2, 0.25) is 0 Å². The second-order valence-electron chi connectivity index (χ2n) is 1.56. The smallest absolute Gasteiger partial charge is 0.197 e. The standard InChI is InChI=1S/C4H3N5/c1-2-9-4(3-5-1)6-7-8-9/h1-3H. The van der Waals surface area contributed by atoms with Crippen LogP contribution >= 0.6 is 0 Å². The van der Waals surface area contributed by atoms with Crippen molar-refractivity contribution in [1.29, 1.82) is 0 Å². The summed E-state index contributed by atoms with van der Waals surface area (Å²) in [6, 6.07) is 0. The monoisotopic (exact) mass is 121 g/mol. The highest BCUT2D eigenvalue weighted by atomic mass is 15.5. The lowest BCUT2D eigenvalue weighted by atomic mass is 10.7. The van der Waals surface area contributed by atoms with E-state index in [2.05, 4.69) is 20.5 Å². The molecule has 2 aromatic rings. The molecule has 0 saturated carbocycles.